The van der Waals surface area contributed by atoms with Crippen molar-refractivity contribution in [1.29, 1.82) is 0 Å². The van der Waals surface area contributed by atoms with Crippen molar-refractivity contribution in [3.05, 3.63) is 63.6 Å². The van der Waals surface area contributed by atoms with Crippen LogP contribution in [0.4, 0.5) is 0 Å². The van der Waals surface area contributed by atoms with Gasteiger partial charge in [0.15, 0.2) is 6.61 Å². The summed E-state index contributed by atoms with van der Waals surface area (Å²) in [5.74, 6) is 0.402. The average molecular weight is 369 g/mol. The first-order chi connectivity index (χ1) is 10.0. The Labute approximate surface area is 137 Å². The Hall–Kier alpha value is -1.52. The summed E-state index contributed by atoms with van der Waals surface area (Å²) in [5.41, 5.74) is 1.04. The van der Waals surface area contributed by atoms with Crippen molar-refractivity contribution >= 4 is 33.4 Å². The van der Waals surface area contributed by atoms with Crippen LogP contribution in [0.5, 0.6) is 5.75 Å². The molecule has 0 spiro atoms. The Morgan fingerprint density at radius 1 is 1.29 bits per heavy atom. The first kappa shape index (κ1) is 15.9. The SMILES string of the molecule is C[C@H](NC(=O)COc1cccc(Cl)c1)c1ccc(Br)cc1. The molecule has 1 atom stereocenters. The smallest absolute Gasteiger partial charge is 0.258 e. The van der Waals surface area contributed by atoms with Gasteiger partial charge in [-0.15, -0.1) is 0 Å². The lowest BCUT2D eigenvalue weighted by Crippen LogP contribution is -2.31. The van der Waals surface area contributed by atoms with Gasteiger partial charge >= 0.3 is 0 Å². The maximum atomic E-state index is 11.9. The number of hydrogen-bond acceptors (Lipinski definition) is 2. The Balaban J connectivity index is 1.85. The van der Waals surface area contributed by atoms with Crippen LogP contribution in [0.15, 0.2) is 53.0 Å². The molecule has 3 nitrogen and oxygen atoms in total. The van der Waals surface area contributed by atoms with Crippen LogP contribution in [0.1, 0.15) is 18.5 Å². The molecule has 2 aromatic carbocycles. The van der Waals surface area contributed by atoms with E-state index in [4.69, 9.17) is 16.3 Å². The zero-order chi connectivity index (χ0) is 15.2. The second-order valence-electron chi connectivity index (χ2n) is 4.59. The summed E-state index contributed by atoms with van der Waals surface area (Å²) in [4.78, 5) is 11.9. The van der Waals surface area contributed by atoms with E-state index in [0.717, 1.165) is 10.0 Å². The summed E-state index contributed by atoms with van der Waals surface area (Å²) in [7, 11) is 0. The van der Waals surface area contributed by atoms with Gasteiger partial charge in [-0.05, 0) is 42.8 Å². The molecular weight excluding hydrogens is 354 g/mol. The van der Waals surface area contributed by atoms with E-state index >= 15 is 0 Å². The molecule has 1 N–H and O–H groups in total. The van der Waals surface area contributed by atoms with Crippen molar-refractivity contribution in [2.45, 2.75) is 13.0 Å². The summed E-state index contributed by atoms with van der Waals surface area (Å²) in [6.07, 6.45) is 0. The van der Waals surface area contributed by atoms with Crippen LogP contribution in [0.3, 0.4) is 0 Å². The maximum Gasteiger partial charge on any atom is 0.258 e. The molecule has 0 fully saturated rings. The van der Waals surface area contributed by atoms with Crippen LogP contribution >= 0.6 is 27.5 Å². The Morgan fingerprint density at radius 2 is 2.00 bits per heavy atom. The Bertz CT molecular complexity index is 616. The average Bonchev–Trinajstić information content (AvgIpc) is 2.46. The molecule has 0 heterocycles. The van der Waals surface area contributed by atoms with Crippen molar-refractivity contribution in [1.82, 2.24) is 5.32 Å². The molecule has 110 valence electrons. The number of nitrogens with one attached hydrogen (secondary N) is 1. The standard InChI is InChI=1S/C16H15BrClNO2/c1-11(12-5-7-13(17)8-6-12)19-16(20)10-21-15-4-2-3-14(18)9-15/h2-9,11H,10H2,1H3,(H,19,20)/t11-/m0/s1. The zero-order valence-electron chi connectivity index (χ0n) is 11.5. The number of carbonyl (C=O) groups is 1. The number of amides is 1. The molecule has 2 aromatic rings. The maximum absolute atomic E-state index is 11.9. The zero-order valence-corrected chi connectivity index (χ0v) is 13.8. The molecule has 0 aliphatic rings. The molecule has 21 heavy (non-hydrogen) atoms. The third kappa shape index (κ3) is 5.06. The number of benzene rings is 2. The molecule has 2 rings (SSSR count). The van der Waals surface area contributed by atoms with Gasteiger partial charge in [0, 0.05) is 9.50 Å². The third-order valence-corrected chi connectivity index (χ3v) is 3.68. The topological polar surface area (TPSA) is 38.3 Å². The fourth-order valence-corrected chi connectivity index (χ4v) is 2.27. The summed E-state index contributed by atoms with van der Waals surface area (Å²) >= 11 is 9.24. The molecular formula is C16H15BrClNO2. The van der Waals surface area contributed by atoms with E-state index in [2.05, 4.69) is 21.2 Å². The lowest BCUT2D eigenvalue weighted by atomic mass is 10.1. The van der Waals surface area contributed by atoms with Gasteiger partial charge in [-0.2, -0.15) is 0 Å². The second kappa shape index (κ2) is 7.48. The van der Waals surface area contributed by atoms with Crippen LogP contribution < -0.4 is 10.1 Å². The van der Waals surface area contributed by atoms with Gasteiger partial charge in [0.2, 0.25) is 0 Å². The minimum atomic E-state index is -0.176. The molecule has 0 aliphatic heterocycles. The molecule has 0 unspecified atom stereocenters. The van der Waals surface area contributed by atoms with Gasteiger partial charge in [0.05, 0.1) is 6.04 Å². The quantitative estimate of drug-likeness (QED) is 0.851. The third-order valence-electron chi connectivity index (χ3n) is 2.91. The highest BCUT2D eigenvalue weighted by atomic mass is 79.9. The van der Waals surface area contributed by atoms with E-state index in [1.165, 1.54) is 0 Å². The first-order valence-electron chi connectivity index (χ1n) is 6.48. The Morgan fingerprint density at radius 3 is 2.67 bits per heavy atom. The van der Waals surface area contributed by atoms with Gasteiger partial charge in [-0.1, -0.05) is 45.7 Å². The predicted molar refractivity (Wildman–Crippen MR) is 87.6 cm³/mol. The Kier molecular flexibility index (Phi) is 5.65. The van der Waals surface area contributed by atoms with Crippen LogP contribution in [-0.4, -0.2) is 12.5 Å². The molecule has 5 heteroatoms. The monoisotopic (exact) mass is 367 g/mol. The number of ether oxygens (including phenoxy) is 1. The van der Waals surface area contributed by atoms with Gasteiger partial charge in [-0.25, -0.2) is 0 Å². The van der Waals surface area contributed by atoms with Crippen LogP contribution in [-0.2, 0) is 4.79 Å². The van der Waals surface area contributed by atoms with Crippen LogP contribution in [0.2, 0.25) is 5.02 Å². The summed E-state index contributed by atoms with van der Waals surface area (Å²) in [6.45, 7) is 1.89. The fraction of sp³-hybridized carbons (Fsp3) is 0.188. The minimum Gasteiger partial charge on any atom is -0.484 e. The van der Waals surface area contributed by atoms with Gasteiger partial charge in [0.1, 0.15) is 5.75 Å². The van der Waals surface area contributed by atoms with Crippen molar-refractivity contribution in [2.24, 2.45) is 0 Å². The molecule has 1 amide bonds. The number of halogens is 2. The van der Waals surface area contributed by atoms with E-state index in [1.807, 2.05) is 31.2 Å². The van der Waals surface area contributed by atoms with Crippen molar-refractivity contribution in [3.63, 3.8) is 0 Å². The predicted octanol–water partition coefficient (Wildman–Crippen LogP) is 4.36. The van der Waals surface area contributed by atoms with Gasteiger partial charge in [-0.3, -0.25) is 4.79 Å². The van der Waals surface area contributed by atoms with Crippen LogP contribution in [0, 0.1) is 0 Å². The summed E-state index contributed by atoms with van der Waals surface area (Å²) in [6, 6.07) is 14.7. The fourth-order valence-electron chi connectivity index (χ4n) is 1.82. The van der Waals surface area contributed by atoms with E-state index in [-0.39, 0.29) is 18.6 Å². The highest BCUT2D eigenvalue weighted by molar-refractivity contribution is 9.10. The van der Waals surface area contributed by atoms with E-state index in [9.17, 15) is 4.79 Å². The van der Waals surface area contributed by atoms with Crippen molar-refractivity contribution in [2.75, 3.05) is 6.61 Å². The van der Waals surface area contributed by atoms with Crippen LogP contribution in [0.25, 0.3) is 0 Å². The molecule has 0 saturated carbocycles. The summed E-state index contributed by atoms with van der Waals surface area (Å²) in [5, 5.41) is 3.47. The highest BCUT2D eigenvalue weighted by Gasteiger charge is 2.10. The molecule has 0 radical (unpaired) electrons. The van der Waals surface area contributed by atoms with Crippen molar-refractivity contribution < 1.29 is 9.53 Å². The minimum absolute atomic E-state index is 0.0405. The number of rotatable bonds is 5. The molecule has 0 saturated heterocycles. The number of hydrogen-bond donors (Lipinski definition) is 1. The van der Waals surface area contributed by atoms with Gasteiger partial charge in [0.25, 0.3) is 5.91 Å². The number of carbonyl (C=O) groups excluding carboxylic acids is 1. The first-order valence-corrected chi connectivity index (χ1v) is 7.65. The lowest BCUT2D eigenvalue weighted by molar-refractivity contribution is -0.123. The van der Waals surface area contributed by atoms with Gasteiger partial charge < -0.3 is 10.1 Å². The lowest BCUT2D eigenvalue weighted by Gasteiger charge is -2.15. The normalized spacial score (nSPS) is 11.8. The molecule has 0 bridgehead atoms. The molecule has 0 aliphatic carbocycles. The second-order valence-corrected chi connectivity index (χ2v) is 5.94. The largest absolute Gasteiger partial charge is 0.484 e. The van der Waals surface area contributed by atoms with E-state index < -0.39 is 0 Å². The molecule has 0 aromatic heterocycles. The van der Waals surface area contributed by atoms with Crippen molar-refractivity contribution in [3.8, 4) is 5.75 Å². The van der Waals surface area contributed by atoms with E-state index in [0.29, 0.717) is 10.8 Å². The highest BCUT2D eigenvalue weighted by Crippen LogP contribution is 2.18. The summed E-state index contributed by atoms with van der Waals surface area (Å²) < 4.78 is 6.41. The van der Waals surface area contributed by atoms with E-state index in [1.54, 1.807) is 24.3 Å².